The number of nitrogens with zero attached hydrogens (tertiary/aromatic N) is 2. The number of aryl methyl sites for hydroxylation is 1. The molecule has 0 saturated carbocycles. The normalized spacial score (nSPS) is 15.9. The van der Waals surface area contributed by atoms with Gasteiger partial charge in [0.15, 0.2) is 0 Å². The summed E-state index contributed by atoms with van der Waals surface area (Å²) < 4.78 is 33.1. The van der Waals surface area contributed by atoms with Crippen LogP contribution in [0.4, 0.5) is 11.4 Å². The summed E-state index contributed by atoms with van der Waals surface area (Å²) in [5.41, 5.74) is 1.25. The van der Waals surface area contributed by atoms with Gasteiger partial charge in [-0.3, -0.25) is 15.0 Å². The first-order valence-electron chi connectivity index (χ1n) is 10.7. The topological polar surface area (TPSA) is 114 Å². The van der Waals surface area contributed by atoms with Gasteiger partial charge in [-0.05, 0) is 37.5 Å². The van der Waals surface area contributed by atoms with Crippen LogP contribution in [0.3, 0.4) is 0 Å². The van der Waals surface area contributed by atoms with Crippen molar-refractivity contribution in [3.8, 4) is 0 Å². The predicted molar refractivity (Wildman–Crippen MR) is 123 cm³/mol. The van der Waals surface area contributed by atoms with Gasteiger partial charge in [-0.25, -0.2) is 13.1 Å². The SMILES string of the molecule is C[C@@H](CCc1ccccc1)Nc1ccc(S(=O)(=O)NCCN2CCOCC2)cc1[N+](=O)[O-]. The van der Waals surface area contributed by atoms with Crippen molar-refractivity contribution < 1.29 is 18.1 Å². The highest BCUT2D eigenvalue weighted by Crippen LogP contribution is 2.28. The minimum atomic E-state index is -3.85. The lowest BCUT2D eigenvalue weighted by Crippen LogP contribution is -2.41. The molecule has 2 N–H and O–H groups in total. The lowest BCUT2D eigenvalue weighted by atomic mass is 10.1. The summed E-state index contributed by atoms with van der Waals surface area (Å²) in [6.45, 7) is 5.53. The Bertz CT molecular complexity index is 995. The predicted octanol–water partition coefficient (Wildman–Crippen LogP) is 2.64. The van der Waals surface area contributed by atoms with Gasteiger partial charge in [-0.1, -0.05) is 30.3 Å². The minimum Gasteiger partial charge on any atom is -0.379 e. The Balaban J connectivity index is 1.61. The van der Waals surface area contributed by atoms with Crippen LogP contribution in [0.1, 0.15) is 18.9 Å². The number of benzene rings is 2. The number of hydrogen-bond acceptors (Lipinski definition) is 7. The Morgan fingerprint density at radius 3 is 2.56 bits per heavy atom. The Labute approximate surface area is 189 Å². The van der Waals surface area contributed by atoms with Crippen molar-refractivity contribution in [3.05, 3.63) is 64.2 Å². The van der Waals surface area contributed by atoms with Gasteiger partial charge in [-0.15, -0.1) is 0 Å². The van der Waals surface area contributed by atoms with E-state index in [-0.39, 0.29) is 23.2 Å². The first kappa shape index (κ1) is 24.1. The summed E-state index contributed by atoms with van der Waals surface area (Å²) in [7, 11) is -3.85. The van der Waals surface area contributed by atoms with Gasteiger partial charge in [0.05, 0.1) is 23.0 Å². The maximum absolute atomic E-state index is 12.6. The van der Waals surface area contributed by atoms with Gasteiger partial charge in [0.1, 0.15) is 5.69 Å². The molecule has 1 fully saturated rings. The second kappa shape index (κ2) is 11.4. The molecule has 0 radical (unpaired) electrons. The van der Waals surface area contributed by atoms with E-state index >= 15 is 0 Å². The van der Waals surface area contributed by atoms with Crippen LogP contribution in [0.15, 0.2) is 53.4 Å². The lowest BCUT2D eigenvalue weighted by Gasteiger charge is -2.26. The molecule has 1 aliphatic rings. The van der Waals surface area contributed by atoms with E-state index in [0.29, 0.717) is 25.4 Å². The molecule has 3 rings (SSSR count). The maximum Gasteiger partial charge on any atom is 0.293 e. The van der Waals surface area contributed by atoms with Crippen LogP contribution in [0, 0.1) is 10.1 Å². The number of hydrogen-bond donors (Lipinski definition) is 2. The second-order valence-electron chi connectivity index (χ2n) is 7.86. The van der Waals surface area contributed by atoms with Crippen molar-refractivity contribution in [2.24, 2.45) is 0 Å². The molecule has 0 unspecified atom stereocenters. The van der Waals surface area contributed by atoms with Crippen molar-refractivity contribution in [2.45, 2.75) is 30.7 Å². The van der Waals surface area contributed by atoms with Crippen LogP contribution in [-0.4, -0.2) is 63.7 Å². The molecule has 2 aromatic rings. The van der Waals surface area contributed by atoms with Crippen LogP contribution in [0.2, 0.25) is 0 Å². The molecule has 0 aromatic heterocycles. The molecule has 174 valence electrons. The number of nitro benzene ring substituents is 1. The van der Waals surface area contributed by atoms with E-state index in [1.807, 2.05) is 37.3 Å². The third-order valence-corrected chi connectivity index (χ3v) is 6.87. The first-order valence-corrected chi connectivity index (χ1v) is 12.2. The number of anilines is 1. The number of nitrogens with one attached hydrogen (secondary N) is 2. The molecule has 0 spiro atoms. The molecular formula is C22H30N4O5S. The number of sulfonamides is 1. The highest BCUT2D eigenvalue weighted by atomic mass is 32.2. The van der Waals surface area contributed by atoms with Crippen molar-refractivity contribution in [2.75, 3.05) is 44.7 Å². The van der Waals surface area contributed by atoms with E-state index in [9.17, 15) is 18.5 Å². The average molecular weight is 463 g/mol. The Morgan fingerprint density at radius 2 is 1.88 bits per heavy atom. The van der Waals surface area contributed by atoms with Crippen molar-refractivity contribution in [3.63, 3.8) is 0 Å². The van der Waals surface area contributed by atoms with Crippen LogP contribution in [0.5, 0.6) is 0 Å². The largest absolute Gasteiger partial charge is 0.379 e. The van der Waals surface area contributed by atoms with Crippen molar-refractivity contribution in [1.82, 2.24) is 9.62 Å². The van der Waals surface area contributed by atoms with Gasteiger partial charge in [-0.2, -0.15) is 0 Å². The zero-order valence-corrected chi connectivity index (χ0v) is 19.0. The Kier molecular flexibility index (Phi) is 8.57. The molecule has 0 bridgehead atoms. The summed E-state index contributed by atoms with van der Waals surface area (Å²) in [6.07, 6.45) is 1.62. The molecule has 32 heavy (non-hydrogen) atoms. The van der Waals surface area contributed by atoms with E-state index in [4.69, 9.17) is 4.74 Å². The van der Waals surface area contributed by atoms with Gasteiger partial charge >= 0.3 is 0 Å². The fourth-order valence-electron chi connectivity index (χ4n) is 3.56. The van der Waals surface area contributed by atoms with Gasteiger partial charge in [0, 0.05) is 38.3 Å². The number of ether oxygens (including phenoxy) is 1. The molecule has 1 saturated heterocycles. The van der Waals surface area contributed by atoms with E-state index in [2.05, 4.69) is 14.9 Å². The van der Waals surface area contributed by atoms with E-state index in [0.717, 1.165) is 32.0 Å². The van der Waals surface area contributed by atoms with Gasteiger partial charge in [0.25, 0.3) is 5.69 Å². The van der Waals surface area contributed by atoms with E-state index in [1.54, 1.807) is 0 Å². The minimum absolute atomic E-state index is 0.0250. The van der Waals surface area contributed by atoms with Crippen LogP contribution in [0.25, 0.3) is 0 Å². The highest BCUT2D eigenvalue weighted by molar-refractivity contribution is 7.89. The molecule has 10 heteroatoms. The monoisotopic (exact) mass is 462 g/mol. The smallest absolute Gasteiger partial charge is 0.293 e. The summed E-state index contributed by atoms with van der Waals surface area (Å²) in [6, 6.07) is 14.0. The summed E-state index contributed by atoms with van der Waals surface area (Å²) in [5, 5.41) is 14.8. The Morgan fingerprint density at radius 1 is 1.16 bits per heavy atom. The number of nitro groups is 1. The maximum atomic E-state index is 12.6. The van der Waals surface area contributed by atoms with Crippen molar-refractivity contribution >= 4 is 21.4 Å². The van der Waals surface area contributed by atoms with E-state index < -0.39 is 14.9 Å². The molecule has 0 aliphatic carbocycles. The molecule has 9 nitrogen and oxygen atoms in total. The van der Waals surface area contributed by atoms with Gasteiger partial charge < -0.3 is 10.1 Å². The van der Waals surface area contributed by atoms with Gasteiger partial charge in [0.2, 0.25) is 10.0 Å². The quantitative estimate of drug-likeness (QED) is 0.390. The zero-order valence-electron chi connectivity index (χ0n) is 18.2. The standard InChI is InChI=1S/C22H30N4O5S/c1-18(7-8-19-5-3-2-4-6-19)24-21-10-9-20(17-22(21)26(27)28)32(29,30)23-11-12-25-13-15-31-16-14-25/h2-6,9-10,17-18,23-24H,7-8,11-16H2,1H3/t18-/m0/s1. The molecule has 1 atom stereocenters. The third kappa shape index (κ3) is 6.99. The second-order valence-corrected chi connectivity index (χ2v) is 9.62. The zero-order chi connectivity index (χ0) is 23.0. The summed E-state index contributed by atoms with van der Waals surface area (Å²) in [4.78, 5) is 13.1. The molecule has 1 aliphatic heterocycles. The Hall–Kier alpha value is -2.53. The molecule has 1 heterocycles. The lowest BCUT2D eigenvalue weighted by molar-refractivity contribution is -0.384. The van der Waals surface area contributed by atoms with Crippen molar-refractivity contribution in [1.29, 1.82) is 0 Å². The molecular weight excluding hydrogens is 432 g/mol. The third-order valence-electron chi connectivity index (χ3n) is 5.41. The number of rotatable bonds is 11. The first-order chi connectivity index (χ1) is 15.3. The number of morpholine rings is 1. The molecule has 2 aromatic carbocycles. The van der Waals surface area contributed by atoms with Crippen LogP contribution >= 0.6 is 0 Å². The highest BCUT2D eigenvalue weighted by Gasteiger charge is 2.22. The average Bonchev–Trinajstić information content (AvgIpc) is 2.79. The van der Waals surface area contributed by atoms with E-state index in [1.165, 1.54) is 17.7 Å². The molecule has 0 amide bonds. The summed E-state index contributed by atoms with van der Waals surface area (Å²) in [5.74, 6) is 0. The fourth-order valence-corrected chi connectivity index (χ4v) is 4.60. The van der Waals surface area contributed by atoms with Crippen LogP contribution < -0.4 is 10.0 Å². The summed E-state index contributed by atoms with van der Waals surface area (Å²) >= 11 is 0. The van der Waals surface area contributed by atoms with Crippen LogP contribution in [-0.2, 0) is 21.2 Å². The fraction of sp³-hybridized carbons (Fsp3) is 0.455.